The number of aryl methyl sites for hydroxylation is 1. The van der Waals surface area contributed by atoms with Gasteiger partial charge < -0.3 is 21.1 Å². The molecule has 1 rings (SSSR count). The summed E-state index contributed by atoms with van der Waals surface area (Å²) in [6, 6.07) is 4.66. The van der Waals surface area contributed by atoms with Gasteiger partial charge in [0, 0.05) is 20.0 Å². The number of amides is 3. The number of phenols is 1. The van der Waals surface area contributed by atoms with Crippen molar-refractivity contribution in [3.63, 3.8) is 0 Å². The standard InChI is InChI=1S/C13H17N3O4/c1-8-3-4-11(18)10(7-8)16-13(20)12(19)15-6-5-14-9(2)17/h3-4,7,18H,5-6H2,1-2H3,(H,14,17)(H,15,19)(H,16,20). The van der Waals surface area contributed by atoms with Crippen LogP contribution in [0.3, 0.4) is 0 Å². The van der Waals surface area contributed by atoms with E-state index >= 15 is 0 Å². The highest BCUT2D eigenvalue weighted by atomic mass is 16.3. The monoisotopic (exact) mass is 279 g/mol. The smallest absolute Gasteiger partial charge is 0.313 e. The summed E-state index contributed by atoms with van der Waals surface area (Å²) in [7, 11) is 0. The Kier molecular flexibility index (Phi) is 5.52. The van der Waals surface area contributed by atoms with Gasteiger partial charge in [0.25, 0.3) is 0 Å². The Morgan fingerprint density at radius 2 is 1.75 bits per heavy atom. The predicted molar refractivity (Wildman–Crippen MR) is 73.2 cm³/mol. The summed E-state index contributed by atoms with van der Waals surface area (Å²) in [6.45, 7) is 3.54. The largest absolute Gasteiger partial charge is 0.506 e. The number of carbonyl (C=O) groups is 3. The molecule has 0 atom stereocenters. The van der Waals surface area contributed by atoms with E-state index in [2.05, 4.69) is 16.0 Å². The number of aromatic hydroxyl groups is 1. The molecule has 0 unspecified atom stereocenters. The van der Waals surface area contributed by atoms with Crippen molar-refractivity contribution in [3.8, 4) is 5.75 Å². The Morgan fingerprint density at radius 3 is 2.40 bits per heavy atom. The van der Waals surface area contributed by atoms with Crippen LogP contribution in [0.2, 0.25) is 0 Å². The summed E-state index contributed by atoms with van der Waals surface area (Å²) >= 11 is 0. The van der Waals surface area contributed by atoms with Crippen LogP contribution in [0.5, 0.6) is 5.75 Å². The first-order valence-electron chi connectivity index (χ1n) is 6.03. The second kappa shape index (κ2) is 7.13. The molecule has 0 spiro atoms. The van der Waals surface area contributed by atoms with Gasteiger partial charge in [0.2, 0.25) is 5.91 Å². The molecule has 1 aromatic carbocycles. The summed E-state index contributed by atoms with van der Waals surface area (Å²) < 4.78 is 0. The molecule has 3 amide bonds. The number of benzene rings is 1. The fourth-order valence-electron chi connectivity index (χ4n) is 1.42. The first kappa shape index (κ1) is 15.5. The van der Waals surface area contributed by atoms with Crippen molar-refractivity contribution in [1.29, 1.82) is 0 Å². The minimum absolute atomic E-state index is 0.116. The van der Waals surface area contributed by atoms with Gasteiger partial charge in [-0.1, -0.05) is 6.07 Å². The van der Waals surface area contributed by atoms with E-state index < -0.39 is 11.8 Å². The lowest BCUT2D eigenvalue weighted by Gasteiger charge is -2.08. The van der Waals surface area contributed by atoms with E-state index in [-0.39, 0.29) is 30.4 Å². The van der Waals surface area contributed by atoms with Crippen LogP contribution in [-0.4, -0.2) is 35.9 Å². The zero-order valence-corrected chi connectivity index (χ0v) is 11.3. The average Bonchev–Trinajstić information content (AvgIpc) is 2.38. The number of anilines is 1. The Labute approximate surface area is 116 Å². The number of hydrogen-bond donors (Lipinski definition) is 4. The van der Waals surface area contributed by atoms with Crippen molar-refractivity contribution >= 4 is 23.4 Å². The van der Waals surface area contributed by atoms with Crippen molar-refractivity contribution in [2.75, 3.05) is 18.4 Å². The van der Waals surface area contributed by atoms with E-state index in [1.165, 1.54) is 13.0 Å². The molecule has 0 fully saturated rings. The maximum absolute atomic E-state index is 11.6. The molecule has 0 heterocycles. The van der Waals surface area contributed by atoms with Crippen LogP contribution in [0.25, 0.3) is 0 Å². The molecule has 0 aliphatic rings. The highest BCUT2D eigenvalue weighted by Gasteiger charge is 2.14. The van der Waals surface area contributed by atoms with Crippen molar-refractivity contribution in [1.82, 2.24) is 10.6 Å². The van der Waals surface area contributed by atoms with E-state index in [4.69, 9.17) is 0 Å². The quantitative estimate of drug-likeness (QED) is 0.350. The van der Waals surface area contributed by atoms with Crippen LogP contribution in [0.15, 0.2) is 18.2 Å². The summed E-state index contributed by atoms with van der Waals surface area (Å²) in [5, 5.41) is 16.7. The first-order chi connectivity index (χ1) is 9.40. The average molecular weight is 279 g/mol. The van der Waals surface area contributed by atoms with E-state index in [1.807, 2.05) is 0 Å². The molecule has 0 aliphatic carbocycles. The van der Waals surface area contributed by atoms with Crippen molar-refractivity contribution in [3.05, 3.63) is 23.8 Å². The van der Waals surface area contributed by atoms with Crippen molar-refractivity contribution in [2.24, 2.45) is 0 Å². The fourth-order valence-corrected chi connectivity index (χ4v) is 1.42. The number of nitrogens with one attached hydrogen (secondary N) is 3. The Morgan fingerprint density at radius 1 is 1.10 bits per heavy atom. The molecule has 0 bridgehead atoms. The Hall–Kier alpha value is -2.57. The van der Waals surface area contributed by atoms with E-state index in [1.54, 1.807) is 19.1 Å². The van der Waals surface area contributed by atoms with Gasteiger partial charge in [-0.05, 0) is 24.6 Å². The van der Waals surface area contributed by atoms with Crippen molar-refractivity contribution in [2.45, 2.75) is 13.8 Å². The molecule has 0 aromatic heterocycles. The van der Waals surface area contributed by atoms with Crippen LogP contribution >= 0.6 is 0 Å². The number of hydrogen-bond acceptors (Lipinski definition) is 4. The molecule has 0 aliphatic heterocycles. The SMILES string of the molecule is CC(=O)NCCNC(=O)C(=O)Nc1cc(C)ccc1O. The second-order valence-electron chi connectivity index (χ2n) is 4.21. The molecule has 0 saturated carbocycles. The highest BCUT2D eigenvalue weighted by molar-refractivity contribution is 6.39. The molecule has 0 saturated heterocycles. The summed E-state index contributed by atoms with van der Waals surface area (Å²) in [5.41, 5.74) is 1.01. The fraction of sp³-hybridized carbons (Fsp3) is 0.308. The molecule has 20 heavy (non-hydrogen) atoms. The minimum Gasteiger partial charge on any atom is -0.506 e. The van der Waals surface area contributed by atoms with Crippen LogP contribution in [0, 0.1) is 6.92 Å². The molecule has 0 radical (unpaired) electrons. The van der Waals surface area contributed by atoms with Gasteiger partial charge in [0.05, 0.1) is 5.69 Å². The van der Waals surface area contributed by atoms with Crippen LogP contribution < -0.4 is 16.0 Å². The molecule has 7 heteroatoms. The van der Waals surface area contributed by atoms with Crippen LogP contribution in [-0.2, 0) is 14.4 Å². The summed E-state index contributed by atoms with van der Waals surface area (Å²) in [6.07, 6.45) is 0. The lowest BCUT2D eigenvalue weighted by Crippen LogP contribution is -2.39. The third kappa shape index (κ3) is 4.97. The van der Waals surface area contributed by atoms with Gasteiger partial charge >= 0.3 is 11.8 Å². The van der Waals surface area contributed by atoms with Gasteiger partial charge in [0.15, 0.2) is 0 Å². The van der Waals surface area contributed by atoms with Crippen molar-refractivity contribution < 1.29 is 19.5 Å². The van der Waals surface area contributed by atoms with Crippen LogP contribution in [0.4, 0.5) is 5.69 Å². The summed E-state index contributed by atoms with van der Waals surface area (Å²) in [5.74, 6) is -2.05. The number of rotatable bonds is 4. The van der Waals surface area contributed by atoms with Gasteiger partial charge in [0.1, 0.15) is 5.75 Å². The minimum atomic E-state index is -0.881. The number of phenolic OH excluding ortho intramolecular Hbond substituents is 1. The maximum atomic E-state index is 11.6. The lowest BCUT2D eigenvalue weighted by atomic mass is 10.2. The third-order valence-electron chi connectivity index (χ3n) is 2.39. The van der Waals surface area contributed by atoms with E-state index in [0.717, 1.165) is 5.56 Å². The second-order valence-corrected chi connectivity index (χ2v) is 4.21. The van der Waals surface area contributed by atoms with Gasteiger partial charge in [-0.2, -0.15) is 0 Å². The normalized spacial score (nSPS) is 9.70. The maximum Gasteiger partial charge on any atom is 0.313 e. The summed E-state index contributed by atoms with van der Waals surface area (Å²) in [4.78, 5) is 33.7. The molecular weight excluding hydrogens is 262 g/mol. The zero-order chi connectivity index (χ0) is 15.1. The predicted octanol–water partition coefficient (Wildman–Crippen LogP) is -0.109. The number of carbonyl (C=O) groups excluding carboxylic acids is 3. The van der Waals surface area contributed by atoms with Gasteiger partial charge in [-0.25, -0.2) is 0 Å². The van der Waals surface area contributed by atoms with Gasteiger partial charge in [-0.3, -0.25) is 14.4 Å². The van der Waals surface area contributed by atoms with E-state index in [0.29, 0.717) is 0 Å². The first-order valence-corrected chi connectivity index (χ1v) is 6.03. The molecule has 4 N–H and O–H groups in total. The van der Waals surface area contributed by atoms with E-state index in [9.17, 15) is 19.5 Å². The highest BCUT2D eigenvalue weighted by Crippen LogP contribution is 2.23. The van der Waals surface area contributed by atoms with Gasteiger partial charge in [-0.15, -0.1) is 0 Å². The van der Waals surface area contributed by atoms with Crippen LogP contribution in [0.1, 0.15) is 12.5 Å². The molecule has 108 valence electrons. The molecule has 7 nitrogen and oxygen atoms in total. The third-order valence-corrected chi connectivity index (χ3v) is 2.39. The Bertz CT molecular complexity index is 528. The molecule has 1 aromatic rings. The lowest BCUT2D eigenvalue weighted by molar-refractivity contribution is -0.136. The molecular formula is C13H17N3O4. The topological polar surface area (TPSA) is 108 Å². The zero-order valence-electron chi connectivity index (χ0n) is 11.3. The Balaban J connectivity index is 2.47.